The number of hydrogen-bond acceptors (Lipinski definition) is 6. The number of nitrogens with zero attached hydrogens (tertiary/aromatic N) is 2. The molecule has 2 aliphatic rings. The Kier molecular flexibility index (Phi) is 6.95. The van der Waals surface area contributed by atoms with Gasteiger partial charge in [0.05, 0.1) is 32.6 Å². The summed E-state index contributed by atoms with van der Waals surface area (Å²) in [7, 11) is 4.83. The predicted octanol–water partition coefficient (Wildman–Crippen LogP) is 3.53. The van der Waals surface area contributed by atoms with Gasteiger partial charge < -0.3 is 28.7 Å². The molecular weight excluding hydrogens is 436 g/mol. The van der Waals surface area contributed by atoms with Crippen molar-refractivity contribution >= 4 is 23.1 Å². The van der Waals surface area contributed by atoms with Crippen LogP contribution in [0.1, 0.15) is 25.3 Å². The highest BCUT2D eigenvalue weighted by Crippen LogP contribution is 2.41. The van der Waals surface area contributed by atoms with Crippen molar-refractivity contribution in [3.05, 3.63) is 48.0 Å². The lowest BCUT2D eigenvalue weighted by Gasteiger charge is -2.33. The van der Waals surface area contributed by atoms with Gasteiger partial charge in [-0.2, -0.15) is 0 Å². The van der Waals surface area contributed by atoms with E-state index < -0.39 is 6.10 Å². The van der Waals surface area contributed by atoms with Gasteiger partial charge in [0, 0.05) is 38.2 Å². The van der Waals surface area contributed by atoms with Crippen molar-refractivity contribution in [2.45, 2.75) is 25.9 Å². The van der Waals surface area contributed by atoms with Crippen LogP contribution in [0.5, 0.6) is 23.0 Å². The number of anilines is 1. The molecule has 4 rings (SSSR count). The first-order valence-corrected chi connectivity index (χ1v) is 11.3. The number of benzene rings is 2. The smallest absolute Gasteiger partial charge is 0.267 e. The third-order valence-electron chi connectivity index (χ3n) is 6.22. The van der Waals surface area contributed by atoms with Crippen LogP contribution in [0.25, 0.3) is 5.57 Å². The number of ether oxygens (including phenoxy) is 4. The maximum absolute atomic E-state index is 13.0. The normalized spacial score (nSPS) is 17.5. The first kappa shape index (κ1) is 23.5. The minimum Gasteiger partial charge on any atom is -0.496 e. The first-order valence-electron chi connectivity index (χ1n) is 11.3. The fourth-order valence-electron chi connectivity index (χ4n) is 4.40. The van der Waals surface area contributed by atoms with Crippen LogP contribution in [0.15, 0.2) is 42.5 Å². The summed E-state index contributed by atoms with van der Waals surface area (Å²) >= 11 is 0. The molecule has 2 amide bonds. The van der Waals surface area contributed by atoms with Crippen molar-refractivity contribution in [3.8, 4) is 23.0 Å². The molecule has 8 heteroatoms. The van der Waals surface area contributed by atoms with Gasteiger partial charge >= 0.3 is 0 Å². The summed E-state index contributed by atoms with van der Waals surface area (Å²) in [6, 6.07) is 11.1. The van der Waals surface area contributed by atoms with Crippen LogP contribution in [0.3, 0.4) is 0 Å². The molecule has 2 aromatic rings. The molecular formula is C26H30N2O6. The van der Waals surface area contributed by atoms with Crippen LogP contribution < -0.4 is 23.8 Å². The lowest BCUT2D eigenvalue weighted by atomic mass is 9.97. The lowest BCUT2D eigenvalue weighted by Crippen LogP contribution is -2.46. The number of carbonyl (C=O) groups is 2. The third kappa shape index (κ3) is 4.53. The molecule has 0 aromatic heterocycles. The van der Waals surface area contributed by atoms with E-state index in [2.05, 4.69) is 0 Å². The Labute approximate surface area is 199 Å². The molecule has 0 bridgehead atoms. The van der Waals surface area contributed by atoms with Crippen LogP contribution >= 0.6 is 0 Å². The van der Waals surface area contributed by atoms with E-state index in [0.717, 1.165) is 11.1 Å². The molecule has 0 saturated heterocycles. The Bertz CT molecular complexity index is 1090. The van der Waals surface area contributed by atoms with Crippen molar-refractivity contribution < 1.29 is 28.5 Å². The third-order valence-corrected chi connectivity index (χ3v) is 6.22. The Balaban J connectivity index is 1.45. The monoisotopic (exact) mass is 466 g/mol. The number of methoxy groups -OCH3 is 3. The number of hydrogen-bond donors (Lipinski definition) is 0. The lowest BCUT2D eigenvalue weighted by molar-refractivity contribution is -0.130. The summed E-state index contributed by atoms with van der Waals surface area (Å²) in [5.74, 6) is 2.52. The maximum Gasteiger partial charge on any atom is 0.267 e. The topological polar surface area (TPSA) is 77.5 Å². The van der Waals surface area contributed by atoms with Crippen LogP contribution in [0.4, 0.5) is 5.69 Å². The molecule has 2 aliphatic heterocycles. The molecule has 0 spiro atoms. The number of amides is 2. The van der Waals surface area contributed by atoms with E-state index in [1.54, 1.807) is 33.2 Å². The number of para-hydroxylation sites is 2. The van der Waals surface area contributed by atoms with E-state index in [1.165, 1.54) is 0 Å². The van der Waals surface area contributed by atoms with Gasteiger partial charge in [-0.3, -0.25) is 9.59 Å². The van der Waals surface area contributed by atoms with E-state index in [4.69, 9.17) is 18.9 Å². The molecule has 0 fully saturated rings. The number of rotatable bonds is 7. The largest absolute Gasteiger partial charge is 0.496 e. The number of fused-ring (bicyclic) bond motifs is 1. The molecule has 2 heterocycles. The SMILES string of the molecule is COc1cc(OC)c(C2=CCN(C(=O)CCN3C(=O)C(C)Oc4ccccc43)CC2)c(OC)c1. The molecule has 34 heavy (non-hydrogen) atoms. The summed E-state index contributed by atoms with van der Waals surface area (Å²) in [5, 5.41) is 0. The second kappa shape index (κ2) is 10.1. The van der Waals surface area contributed by atoms with Crippen LogP contribution in [0, 0.1) is 0 Å². The van der Waals surface area contributed by atoms with Gasteiger partial charge in [0.1, 0.15) is 23.0 Å². The highest BCUT2D eigenvalue weighted by molar-refractivity contribution is 6.00. The Morgan fingerprint density at radius 3 is 2.41 bits per heavy atom. The summed E-state index contributed by atoms with van der Waals surface area (Å²) < 4.78 is 22.2. The highest BCUT2D eigenvalue weighted by atomic mass is 16.5. The standard InChI is InChI=1S/C26H30N2O6/c1-17-26(30)28(20-7-5-6-8-21(20)34-17)14-11-24(29)27-12-9-18(10-13-27)25-22(32-3)15-19(31-2)16-23(25)33-4/h5-9,15-17H,10-14H2,1-4H3. The quantitative estimate of drug-likeness (QED) is 0.621. The van der Waals surface area contributed by atoms with Crippen LogP contribution in [-0.4, -0.2) is 63.8 Å². The molecule has 0 aliphatic carbocycles. The van der Waals surface area contributed by atoms with Crippen molar-refractivity contribution in [2.24, 2.45) is 0 Å². The first-order chi connectivity index (χ1) is 16.5. The number of carbonyl (C=O) groups excluding carboxylic acids is 2. The van der Waals surface area contributed by atoms with Gasteiger partial charge in [0.15, 0.2) is 6.10 Å². The molecule has 2 aromatic carbocycles. The van der Waals surface area contributed by atoms with Gasteiger partial charge in [-0.25, -0.2) is 0 Å². The van der Waals surface area contributed by atoms with E-state index >= 15 is 0 Å². The van der Waals surface area contributed by atoms with Crippen molar-refractivity contribution in [3.63, 3.8) is 0 Å². The van der Waals surface area contributed by atoms with Gasteiger partial charge in [-0.1, -0.05) is 18.2 Å². The van der Waals surface area contributed by atoms with E-state index in [1.807, 2.05) is 47.4 Å². The summed E-state index contributed by atoms with van der Waals surface area (Å²) in [6.45, 7) is 3.10. The minimum atomic E-state index is -0.570. The molecule has 1 atom stereocenters. The van der Waals surface area contributed by atoms with Gasteiger partial charge in [0.25, 0.3) is 5.91 Å². The Morgan fingerprint density at radius 1 is 1.09 bits per heavy atom. The average Bonchev–Trinajstić information content (AvgIpc) is 2.88. The van der Waals surface area contributed by atoms with Gasteiger partial charge in [-0.05, 0) is 31.1 Å². The van der Waals surface area contributed by atoms with Crippen molar-refractivity contribution in [2.75, 3.05) is 45.9 Å². The molecule has 1 unspecified atom stereocenters. The van der Waals surface area contributed by atoms with Crippen molar-refractivity contribution in [1.82, 2.24) is 4.90 Å². The van der Waals surface area contributed by atoms with E-state index in [0.29, 0.717) is 54.7 Å². The molecule has 8 nitrogen and oxygen atoms in total. The zero-order chi connectivity index (χ0) is 24.2. The van der Waals surface area contributed by atoms with Gasteiger partial charge in [-0.15, -0.1) is 0 Å². The maximum atomic E-state index is 13.0. The van der Waals surface area contributed by atoms with E-state index in [9.17, 15) is 9.59 Å². The molecule has 0 N–H and O–H groups in total. The minimum absolute atomic E-state index is 0.00777. The second-order valence-electron chi connectivity index (χ2n) is 8.19. The van der Waals surface area contributed by atoms with E-state index in [-0.39, 0.29) is 18.2 Å². The molecule has 0 radical (unpaired) electrons. The van der Waals surface area contributed by atoms with Gasteiger partial charge in [0.2, 0.25) is 5.91 Å². The highest BCUT2D eigenvalue weighted by Gasteiger charge is 2.32. The zero-order valence-corrected chi connectivity index (χ0v) is 20.0. The summed E-state index contributed by atoms with van der Waals surface area (Å²) in [4.78, 5) is 29.1. The zero-order valence-electron chi connectivity index (χ0n) is 20.0. The van der Waals surface area contributed by atoms with Crippen LogP contribution in [0.2, 0.25) is 0 Å². The summed E-state index contributed by atoms with van der Waals surface area (Å²) in [5.41, 5.74) is 2.65. The Hall–Kier alpha value is -3.68. The van der Waals surface area contributed by atoms with Crippen LogP contribution in [-0.2, 0) is 9.59 Å². The molecule has 0 saturated carbocycles. The summed E-state index contributed by atoms with van der Waals surface area (Å²) in [6.07, 6.45) is 2.37. The predicted molar refractivity (Wildman–Crippen MR) is 129 cm³/mol. The Morgan fingerprint density at radius 2 is 1.79 bits per heavy atom. The van der Waals surface area contributed by atoms with Crippen molar-refractivity contribution in [1.29, 1.82) is 0 Å². The average molecular weight is 467 g/mol. The molecule has 180 valence electrons. The fourth-order valence-corrected chi connectivity index (χ4v) is 4.40. The second-order valence-corrected chi connectivity index (χ2v) is 8.19. The fraction of sp³-hybridized carbons (Fsp3) is 0.385.